The van der Waals surface area contributed by atoms with Gasteiger partial charge in [-0.25, -0.2) is 18.6 Å². The Morgan fingerprint density at radius 3 is 2.11 bits per heavy atom. The molecule has 4 aromatic rings. The van der Waals surface area contributed by atoms with Gasteiger partial charge in [0.1, 0.15) is 23.0 Å². The average molecular weight is 636 g/mol. The van der Waals surface area contributed by atoms with E-state index in [-0.39, 0.29) is 40.1 Å². The van der Waals surface area contributed by atoms with Crippen molar-refractivity contribution < 1.29 is 31.8 Å². The van der Waals surface area contributed by atoms with Gasteiger partial charge < -0.3 is 14.4 Å². The number of benzene rings is 3. The van der Waals surface area contributed by atoms with E-state index in [4.69, 9.17) is 4.74 Å². The van der Waals surface area contributed by atoms with Crippen molar-refractivity contribution in [1.82, 2.24) is 9.55 Å². The van der Waals surface area contributed by atoms with Crippen LogP contribution < -0.4 is 4.72 Å². The number of carbonyl (C=O) groups excluding carboxylic acids is 1. The number of ether oxygens (including phenoxy) is 1. The second kappa shape index (κ2) is 13.2. The molecule has 11 heteroatoms. The molecule has 236 valence electrons. The van der Waals surface area contributed by atoms with Crippen molar-refractivity contribution in [2.75, 3.05) is 4.72 Å². The minimum atomic E-state index is -3.94. The Labute approximate surface area is 261 Å². The number of hydrogen-bond donors (Lipinski definition) is 2. The van der Waals surface area contributed by atoms with E-state index in [2.05, 4.69) is 9.71 Å². The monoisotopic (exact) mass is 635 g/mol. The Hall–Kier alpha value is -4.51. The number of imidazole rings is 1. The zero-order valence-electron chi connectivity index (χ0n) is 25.0. The molecule has 0 spiro atoms. The maximum absolute atomic E-state index is 13.7. The highest BCUT2D eigenvalue weighted by molar-refractivity contribution is 7.92. The maximum Gasteiger partial charge on any atom is 0.338 e. The molecule has 0 aliphatic carbocycles. The van der Waals surface area contributed by atoms with Crippen LogP contribution in [0, 0.1) is 11.6 Å². The number of hydrogen-bond acceptors (Lipinski definition) is 6. The smallest absolute Gasteiger partial charge is 0.338 e. The van der Waals surface area contributed by atoms with Crippen molar-refractivity contribution in [3.63, 3.8) is 0 Å². The molecule has 1 aliphatic rings. The van der Waals surface area contributed by atoms with Gasteiger partial charge in [-0.2, -0.15) is 8.42 Å². The van der Waals surface area contributed by atoms with Crippen LogP contribution in [0.3, 0.4) is 0 Å². The van der Waals surface area contributed by atoms with Crippen molar-refractivity contribution >= 4 is 21.7 Å². The zero-order chi connectivity index (χ0) is 32.2. The van der Waals surface area contributed by atoms with Crippen molar-refractivity contribution in [2.45, 2.75) is 62.0 Å². The van der Waals surface area contributed by atoms with E-state index in [1.54, 1.807) is 55.6 Å². The van der Waals surface area contributed by atoms with Crippen molar-refractivity contribution in [3.05, 3.63) is 125 Å². The third-order valence-electron chi connectivity index (χ3n) is 8.15. The molecule has 0 radical (unpaired) electrons. The third-order valence-corrected chi connectivity index (χ3v) is 9.42. The summed E-state index contributed by atoms with van der Waals surface area (Å²) in [6.07, 6.45) is 5.00. The summed E-state index contributed by atoms with van der Waals surface area (Å²) in [4.78, 5) is 17.7. The Bertz CT molecular complexity index is 1750. The highest BCUT2D eigenvalue weighted by Gasteiger charge is 2.43. The van der Waals surface area contributed by atoms with Crippen LogP contribution in [0.2, 0.25) is 0 Å². The molecular weight excluding hydrogens is 600 g/mol. The predicted octanol–water partition coefficient (Wildman–Crippen LogP) is 6.76. The summed E-state index contributed by atoms with van der Waals surface area (Å²) in [6, 6.07) is 18.9. The second-order valence-electron chi connectivity index (χ2n) is 11.4. The number of aliphatic hydroxyl groups is 1. The van der Waals surface area contributed by atoms with Gasteiger partial charge in [-0.3, -0.25) is 4.72 Å². The number of cyclic esters (lactones) is 1. The van der Waals surface area contributed by atoms with Crippen LogP contribution in [0.1, 0.15) is 55.2 Å². The van der Waals surface area contributed by atoms with Gasteiger partial charge in [0.25, 0.3) is 10.0 Å². The first-order valence-electron chi connectivity index (χ1n) is 14.7. The Balaban J connectivity index is 1.41. The quantitative estimate of drug-likeness (QED) is 0.167. The molecule has 0 saturated carbocycles. The van der Waals surface area contributed by atoms with E-state index >= 15 is 0 Å². The molecule has 1 aliphatic heterocycles. The number of rotatable bonds is 12. The lowest BCUT2D eigenvalue weighted by Crippen LogP contribution is -2.42. The van der Waals surface area contributed by atoms with Gasteiger partial charge in [0, 0.05) is 31.3 Å². The Morgan fingerprint density at radius 1 is 1.00 bits per heavy atom. The summed E-state index contributed by atoms with van der Waals surface area (Å²) in [5.41, 5.74) is 1.71. The number of sulfonamides is 1. The van der Waals surface area contributed by atoms with E-state index < -0.39 is 27.5 Å². The summed E-state index contributed by atoms with van der Waals surface area (Å²) in [5, 5.41) is 11.3. The van der Waals surface area contributed by atoms with Crippen LogP contribution in [0.4, 0.5) is 14.5 Å². The number of aromatic nitrogens is 2. The molecule has 0 saturated heterocycles. The summed E-state index contributed by atoms with van der Waals surface area (Å²) in [7, 11) is -2.27. The SMILES string of the molecule is CCC(C1=C(O)CC(CCc2ccc(F)cc2)(CCc2ccc(F)cc2)OC1=O)c1cccc(NS(=O)(=O)c2cn(C)cn2)c1. The van der Waals surface area contributed by atoms with Crippen LogP contribution in [-0.4, -0.2) is 34.6 Å². The van der Waals surface area contributed by atoms with E-state index in [0.717, 1.165) is 11.1 Å². The standard InChI is InChI=1S/C34H35F2N3O5S/c1-3-29(25-5-4-6-28(19-25)38-45(42,43)31-21-39(2)22-37-31)32-30(40)20-34(44-33(32)41,17-15-23-7-11-26(35)12-8-23)18-16-24-9-13-27(36)14-10-24/h4-14,19,21-22,29,38,40H,3,15-18,20H2,1-2H3. The number of nitrogens with zero attached hydrogens (tertiary/aromatic N) is 2. The number of aliphatic hydroxyl groups excluding tert-OH is 1. The molecular formula is C34H35F2N3O5S. The number of esters is 1. The molecule has 2 N–H and O–H groups in total. The lowest BCUT2D eigenvalue weighted by atomic mass is 9.79. The van der Waals surface area contributed by atoms with Crippen molar-refractivity contribution in [1.29, 1.82) is 0 Å². The average Bonchev–Trinajstić information content (AvgIpc) is 3.46. The molecule has 1 aromatic heterocycles. The van der Waals surface area contributed by atoms with Crippen LogP contribution in [-0.2, 0) is 39.4 Å². The molecule has 45 heavy (non-hydrogen) atoms. The summed E-state index contributed by atoms with van der Waals surface area (Å²) in [6.45, 7) is 1.87. The molecule has 0 fully saturated rings. The third kappa shape index (κ3) is 7.59. The number of anilines is 1. The number of nitrogens with one attached hydrogen (secondary N) is 1. The van der Waals surface area contributed by atoms with Gasteiger partial charge in [0.05, 0.1) is 11.9 Å². The van der Waals surface area contributed by atoms with Crippen LogP contribution in [0.15, 0.2) is 102 Å². The topological polar surface area (TPSA) is 111 Å². The fourth-order valence-corrected chi connectivity index (χ4v) is 6.79. The van der Waals surface area contributed by atoms with E-state index in [1.807, 2.05) is 6.92 Å². The van der Waals surface area contributed by atoms with Crippen LogP contribution in [0.5, 0.6) is 0 Å². The number of aryl methyl sites for hydroxylation is 3. The summed E-state index contributed by atoms with van der Waals surface area (Å²) in [5.74, 6) is -2.00. The lowest BCUT2D eigenvalue weighted by molar-refractivity contribution is -0.161. The lowest BCUT2D eigenvalue weighted by Gasteiger charge is -2.39. The van der Waals surface area contributed by atoms with Crippen LogP contribution in [0.25, 0.3) is 0 Å². The second-order valence-corrected chi connectivity index (χ2v) is 13.1. The number of carbonyl (C=O) groups is 1. The zero-order valence-corrected chi connectivity index (χ0v) is 25.9. The first-order valence-corrected chi connectivity index (χ1v) is 16.2. The number of halogens is 2. The summed E-state index contributed by atoms with van der Waals surface area (Å²) < 4.78 is 63.0. The first-order chi connectivity index (χ1) is 21.5. The molecule has 2 heterocycles. The minimum Gasteiger partial charge on any atom is -0.512 e. The summed E-state index contributed by atoms with van der Waals surface area (Å²) >= 11 is 0. The van der Waals surface area contributed by atoms with Gasteiger partial charge in [0.15, 0.2) is 5.03 Å². The van der Waals surface area contributed by atoms with Gasteiger partial charge in [-0.15, -0.1) is 0 Å². The van der Waals surface area contributed by atoms with Gasteiger partial charge in [-0.05, 0) is 85.2 Å². The maximum atomic E-state index is 13.7. The van der Waals surface area contributed by atoms with E-state index in [1.165, 1.54) is 41.4 Å². The normalized spacial score (nSPS) is 15.5. The highest BCUT2D eigenvalue weighted by atomic mass is 32.2. The van der Waals surface area contributed by atoms with Crippen molar-refractivity contribution in [2.24, 2.45) is 7.05 Å². The van der Waals surface area contributed by atoms with E-state index in [0.29, 0.717) is 37.7 Å². The Kier molecular flexibility index (Phi) is 9.38. The highest BCUT2D eigenvalue weighted by Crippen LogP contribution is 2.42. The molecule has 1 atom stereocenters. The molecule has 8 nitrogen and oxygen atoms in total. The molecule has 0 amide bonds. The minimum absolute atomic E-state index is 0.0684. The van der Waals surface area contributed by atoms with Crippen LogP contribution >= 0.6 is 0 Å². The predicted molar refractivity (Wildman–Crippen MR) is 166 cm³/mol. The fraction of sp³-hybridized carbons (Fsp3) is 0.294. The van der Waals surface area contributed by atoms with E-state index in [9.17, 15) is 27.1 Å². The molecule has 5 rings (SSSR count). The first kappa shape index (κ1) is 31.9. The molecule has 0 bridgehead atoms. The van der Waals surface area contributed by atoms with Gasteiger partial charge >= 0.3 is 5.97 Å². The molecule has 1 unspecified atom stereocenters. The Morgan fingerprint density at radius 2 is 1.60 bits per heavy atom. The fourth-order valence-electron chi connectivity index (χ4n) is 5.76. The largest absolute Gasteiger partial charge is 0.512 e. The van der Waals surface area contributed by atoms with Crippen molar-refractivity contribution in [3.8, 4) is 0 Å². The molecule has 3 aromatic carbocycles. The van der Waals surface area contributed by atoms with Gasteiger partial charge in [-0.1, -0.05) is 43.3 Å². The van der Waals surface area contributed by atoms with Gasteiger partial charge in [0.2, 0.25) is 0 Å².